The van der Waals surface area contributed by atoms with Gasteiger partial charge in [-0.3, -0.25) is 4.98 Å². The van der Waals surface area contributed by atoms with Gasteiger partial charge in [0, 0.05) is 6.20 Å². The first-order chi connectivity index (χ1) is 5.43. The van der Waals surface area contributed by atoms with Crippen LogP contribution in [0.4, 0.5) is 24.5 Å². The average molecular weight is 177 g/mol. The molecule has 6 heteroatoms. The third-order valence-electron chi connectivity index (χ3n) is 1.32. The van der Waals surface area contributed by atoms with Crippen LogP contribution >= 0.6 is 0 Å². The van der Waals surface area contributed by atoms with Gasteiger partial charge >= 0.3 is 6.18 Å². The van der Waals surface area contributed by atoms with Gasteiger partial charge in [0.2, 0.25) is 0 Å². The van der Waals surface area contributed by atoms with E-state index in [0.717, 1.165) is 6.20 Å². The highest BCUT2D eigenvalue weighted by atomic mass is 19.4. The quantitative estimate of drug-likeness (QED) is 0.627. The van der Waals surface area contributed by atoms with E-state index in [1.807, 2.05) is 0 Å². The van der Waals surface area contributed by atoms with Gasteiger partial charge in [-0.25, -0.2) is 0 Å². The average Bonchev–Trinajstić information content (AvgIpc) is 1.92. The minimum absolute atomic E-state index is 0.162. The number of hydrogen-bond donors (Lipinski definition) is 2. The van der Waals surface area contributed by atoms with E-state index in [0.29, 0.717) is 6.20 Å². The number of pyridine rings is 1. The van der Waals surface area contributed by atoms with Gasteiger partial charge in [-0.05, 0) is 0 Å². The number of nitrogens with zero attached hydrogens (tertiary/aromatic N) is 1. The maximum absolute atomic E-state index is 12.1. The molecule has 0 atom stereocenters. The Bertz CT molecular complexity index is 295. The summed E-state index contributed by atoms with van der Waals surface area (Å²) < 4.78 is 36.2. The van der Waals surface area contributed by atoms with Crippen molar-refractivity contribution in [2.24, 2.45) is 0 Å². The van der Waals surface area contributed by atoms with Crippen molar-refractivity contribution in [2.75, 3.05) is 11.5 Å². The van der Waals surface area contributed by atoms with Crippen molar-refractivity contribution in [3.8, 4) is 0 Å². The molecule has 0 radical (unpaired) electrons. The standard InChI is InChI=1S/C6H6F3N3/c7-6(8,9)3-1-12-2-4(10)5(3)11/h1-2H,10H2,(H2,11,12). The number of hydrogen-bond acceptors (Lipinski definition) is 3. The van der Waals surface area contributed by atoms with Gasteiger partial charge in [0.1, 0.15) is 0 Å². The molecule has 0 aliphatic rings. The van der Waals surface area contributed by atoms with Crippen molar-refractivity contribution in [1.82, 2.24) is 4.98 Å². The summed E-state index contributed by atoms with van der Waals surface area (Å²) in [5.41, 5.74) is 8.58. The Kier molecular flexibility index (Phi) is 1.83. The van der Waals surface area contributed by atoms with Gasteiger partial charge in [0.25, 0.3) is 0 Å². The number of nitrogen functional groups attached to an aromatic ring is 2. The molecule has 1 heterocycles. The lowest BCUT2D eigenvalue weighted by molar-refractivity contribution is -0.137. The predicted molar refractivity (Wildman–Crippen MR) is 38.1 cm³/mol. The summed E-state index contributed by atoms with van der Waals surface area (Å²) in [6, 6.07) is 0. The van der Waals surface area contributed by atoms with Crippen LogP contribution in [-0.4, -0.2) is 4.98 Å². The number of rotatable bonds is 0. The van der Waals surface area contributed by atoms with Crippen molar-refractivity contribution >= 4 is 11.4 Å². The first kappa shape index (κ1) is 8.63. The molecule has 0 fully saturated rings. The molecular formula is C6H6F3N3. The molecule has 0 aliphatic heterocycles. The molecule has 0 bridgehead atoms. The van der Waals surface area contributed by atoms with Crippen LogP contribution in [0.15, 0.2) is 12.4 Å². The van der Waals surface area contributed by atoms with Crippen LogP contribution in [0.2, 0.25) is 0 Å². The Morgan fingerprint density at radius 1 is 1.17 bits per heavy atom. The van der Waals surface area contributed by atoms with Gasteiger partial charge in [-0.2, -0.15) is 13.2 Å². The number of anilines is 2. The molecule has 0 amide bonds. The van der Waals surface area contributed by atoms with Gasteiger partial charge in [-0.1, -0.05) is 0 Å². The van der Waals surface area contributed by atoms with Gasteiger partial charge < -0.3 is 11.5 Å². The molecule has 66 valence electrons. The molecule has 4 N–H and O–H groups in total. The van der Waals surface area contributed by atoms with Gasteiger partial charge in [0.15, 0.2) is 0 Å². The SMILES string of the molecule is Nc1cncc(C(F)(F)F)c1N. The lowest BCUT2D eigenvalue weighted by Gasteiger charge is -2.09. The molecular weight excluding hydrogens is 171 g/mol. The zero-order valence-corrected chi connectivity index (χ0v) is 5.89. The van der Waals surface area contributed by atoms with Crippen molar-refractivity contribution in [3.63, 3.8) is 0 Å². The monoisotopic (exact) mass is 177 g/mol. The Hall–Kier alpha value is -1.46. The fourth-order valence-electron chi connectivity index (χ4n) is 0.713. The maximum atomic E-state index is 12.1. The Morgan fingerprint density at radius 3 is 2.17 bits per heavy atom. The van der Waals surface area contributed by atoms with Crippen molar-refractivity contribution in [3.05, 3.63) is 18.0 Å². The van der Waals surface area contributed by atoms with Crippen LogP contribution < -0.4 is 11.5 Å². The molecule has 0 saturated carbocycles. The van der Waals surface area contributed by atoms with Crippen molar-refractivity contribution < 1.29 is 13.2 Å². The molecule has 0 aliphatic carbocycles. The third-order valence-corrected chi connectivity index (χ3v) is 1.32. The highest BCUT2D eigenvalue weighted by Gasteiger charge is 2.33. The van der Waals surface area contributed by atoms with Crippen molar-refractivity contribution in [1.29, 1.82) is 0 Å². The number of aromatic nitrogens is 1. The van der Waals surface area contributed by atoms with E-state index in [9.17, 15) is 13.2 Å². The molecule has 12 heavy (non-hydrogen) atoms. The second-order valence-corrected chi connectivity index (χ2v) is 2.19. The molecule has 1 aromatic rings. The molecule has 0 saturated heterocycles. The minimum Gasteiger partial charge on any atom is -0.396 e. The first-order valence-electron chi connectivity index (χ1n) is 2.99. The Labute approximate surface area is 66.2 Å². The second-order valence-electron chi connectivity index (χ2n) is 2.19. The van der Waals surface area contributed by atoms with Crippen LogP contribution in [0.25, 0.3) is 0 Å². The largest absolute Gasteiger partial charge is 0.419 e. The highest BCUT2D eigenvalue weighted by molar-refractivity contribution is 5.66. The fraction of sp³-hybridized carbons (Fsp3) is 0.167. The summed E-state index contributed by atoms with van der Waals surface area (Å²) in [5, 5.41) is 0. The van der Waals surface area contributed by atoms with Crippen molar-refractivity contribution in [2.45, 2.75) is 6.18 Å². The lowest BCUT2D eigenvalue weighted by Crippen LogP contribution is -2.11. The summed E-state index contributed by atoms with van der Waals surface area (Å²) in [6.45, 7) is 0. The van der Waals surface area contributed by atoms with E-state index in [1.54, 1.807) is 0 Å². The molecule has 1 aromatic heterocycles. The molecule has 1 rings (SSSR count). The van der Waals surface area contributed by atoms with Gasteiger partial charge in [0.05, 0.1) is 23.1 Å². The molecule has 3 nitrogen and oxygen atoms in total. The summed E-state index contributed by atoms with van der Waals surface area (Å²) in [7, 11) is 0. The Morgan fingerprint density at radius 2 is 1.75 bits per heavy atom. The van der Waals surface area contributed by atoms with Crippen LogP contribution in [0, 0.1) is 0 Å². The van der Waals surface area contributed by atoms with Crippen LogP contribution in [0.3, 0.4) is 0 Å². The van der Waals surface area contributed by atoms with Gasteiger partial charge in [-0.15, -0.1) is 0 Å². The summed E-state index contributed by atoms with van der Waals surface area (Å²) >= 11 is 0. The highest BCUT2D eigenvalue weighted by Crippen LogP contribution is 2.34. The zero-order valence-electron chi connectivity index (χ0n) is 5.89. The van der Waals surface area contributed by atoms with E-state index in [1.165, 1.54) is 0 Å². The third kappa shape index (κ3) is 1.41. The number of nitrogens with two attached hydrogens (primary N) is 2. The predicted octanol–water partition coefficient (Wildman–Crippen LogP) is 1.26. The number of alkyl halides is 3. The zero-order chi connectivity index (χ0) is 9.35. The smallest absolute Gasteiger partial charge is 0.396 e. The summed E-state index contributed by atoms with van der Waals surface area (Å²) in [6.07, 6.45) is -2.78. The van der Waals surface area contributed by atoms with E-state index < -0.39 is 17.4 Å². The van der Waals surface area contributed by atoms with Crippen LogP contribution in [0.1, 0.15) is 5.56 Å². The minimum atomic E-state index is -4.49. The molecule has 0 spiro atoms. The summed E-state index contributed by atoms with van der Waals surface area (Å²) in [5.74, 6) is 0. The van der Waals surface area contributed by atoms with E-state index in [4.69, 9.17) is 11.5 Å². The lowest BCUT2D eigenvalue weighted by atomic mass is 10.2. The van der Waals surface area contributed by atoms with Crippen LogP contribution in [0.5, 0.6) is 0 Å². The molecule has 0 aromatic carbocycles. The maximum Gasteiger partial charge on any atom is 0.419 e. The van der Waals surface area contributed by atoms with E-state index in [2.05, 4.69) is 4.98 Å². The van der Waals surface area contributed by atoms with E-state index in [-0.39, 0.29) is 5.69 Å². The van der Waals surface area contributed by atoms with Crippen LogP contribution in [-0.2, 0) is 6.18 Å². The van der Waals surface area contributed by atoms with E-state index >= 15 is 0 Å². The topological polar surface area (TPSA) is 64.9 Å². The number of halogens is 3. The second kappa shape index (κ2) is 2.54. The normalized spacial score (nSPS) is 11.6. The first-order valence-corrected chi connectivity index (χ1v) is 2.99. The molecule has 0 unspecified atom stereocenters. The Balaban J connectivity index is 3.26. The fourth-order valence-corrected chi connectivity index (χ4v) is 0.713. The summed E-state index contributed by atoms with van der Waals surface area (Å²) in [4.78, 5) is 3.29.